The highest BCUT2D eigenvalue weighted by molar-refractivity contribution is 5.79. The zero-order chi connectivity index (χ0) is 19.4. The van der Waals surface area contributed by atoms with Gasteiger partial charge in [-0.3, -0.25) is 23.9 Å². The number of amides is 1. The van der Waals surface area contributed by atoms with Gasteiger partial charge in [0.15, 0.2) is 0 Å². The Morgan fingerprint density at radius 1 is 1.19 bits per heavy atom. The Balaban J connectivity index is 1.67. The maximum absolute atomic E-state index is 12.6. The fraction of sp³-hybridized carbons (Fsp3) is 0.474. The molecular formula is C19H23N3O5. The molecule has 1 saturated heterocycles. The lowest BCUT2D eigenvalue weighted by atomic mass is 9.93. The number of fused-ring (bicyclic) bond motifs is 1. The summed E-state index contributed by atoms with van der Waals surface area (Å²) >= 11 is 0. The molecule has 8 nitrogen and oxygen atoms in total. The minimum atomic E-state index is -0.817. The fourth-order valence-corrected chi connectivity index (χ4v) is 3.68. The van der Waals surface area contributed by atoms with E-state index in [4.69, 9.17) is 5.11 Å². The zero-order valence-corrected chi connectivity index (χ0v) is 15.0. The number of carbonyl (C=O) groups is 2. The number of aliphatic carboxylic acids is 1. The van der Waals surface area contributed by atoms with Gasteiger partial charge < -0.3 is 10.0 Å². The van der Waals surface area contributed by atoms with E-state index in [9.17, 15) is 19.2 Å². The number of piperidine rings is 1. The Labute approximate surface area is 155 Å². The van der Waals surface area contributed by atoms with E-state index in [1.807, 2.05) is 0 Å². The Morgan fingerprint density at radius 3 is 2.74 bits per heavy atom. The quantitative estimate of drug-likeness (QED) is 0.790. The molecule has 1 aromatic heterocycles. The summed E-state index contributed by atoms with van der Waals surface area (Å²) in [6.45, 7) is 1.41. The summed E-state index contributed by atoms with van der Waals surface area (Å²) in [5, 5.41) is 9.24. The number of aromatic amines is 1. The van der Waals surface area contributed by atoms with Crippen molar-refractivity contribution in [3.63, 3.8) is 0 Å². The highest BCUT2D eigenvalue weighted by Crippen LogP contribution is 2.21. The van der Waals surface area contributed by atoms with E-state index >= 15 is 0 Å². The molecule has 0 spiro atoms. The number of rotatable bonds is 6. The molecule has 1 atom stereocenters. The monoisotopic (exact) mass is 373 g/mol. The van der Waals surface area contributed by atoms with Crippen molar-refractivity contribution in [2.45, 2.75) is 38.6 Å². The Hall–Kier alpha value is -2.90. The minimum Gasteiger partial charge on any atom is -0.481 e. The third-order valence-electron chi connectivity index (χ3n) is 5.09. The molecule has 3 rings (SSSR count). The molecule has 8 heteroatoms. The van der Waals surface area contributed by atoms with Crippen LogP contribution in [0.1, 0.15) is 32.1 Å². The number of nitrogens with zero attached hydrogens (tertiary/aromatic N) is 2. The molecule has 0 aliphatic carbocycles. The van der Waals surface area contributed by atoms with E-state index in [-0.39, 0.29) is 31.2 Å². The molecule has 2 heterocycles. The van der Waals surface area contributed by atoms with Crippen LogP contribution in [0.2, 0.25) is 0 Å². The van der Waals surface area contributed by atoms with Crippen molar-refractivity contribution in [2.24, 2.45) is 5.92 Å². The van der Waals surface area contributed by atoms with Crippen LogP contribution in [-0.4, -0.2) is 44.5 Å². The van der Waals surface area contributed by atoms with Gasteiger partial charge in [-0.2, -0.15) is 0 Å². The van der Waals surface area contributed by atoms with Gasteiger partial charge in [0.2, 0.25) is 5.91 Å². The average molecular weight is 373 g/mol. The van der Waals surface area contributed by atoms with E-state index < -0.39 is 17.2 Å². The van der Waals surface area contributed by atoms with Crippen molar-refractivity contribution in [2.75, 3.05) is 13.1 Å². The molecule has 1 aliphatic rings. The number of carboxylic acids is 1. The molecule has 0 saturated carbocycles. The Kier molecular flexibility index (Phi) is 5.73. The minimum absolute atomic E-state index is 0.0581. The van der Waals surface area contributed by atoms with Gasteiger partial charge in [0, 0.05) is 32.5 Å². The summed E-state index contributed by atoms with van der Waals surface area (Å²) in [6.07, 6.45) is 2.63. The molecule has 0 radical (unpaired) electrons. The number of nitrogens with one attached hydrogen (secondary N) is 1. The summed E-state index contributed by atoms with van der Waals surface area (Å²) in [6, 6.07) is 6.81. The second kappa shape index (κ2) is 8.20. The molecule has 27 heavy (non-hydrogen) atoms. The van der Waals surface area contributed by atoms with Crippen LogP contribution >= 0.6 is 0 Å². The second-order valence-electron chi connectivity index (χ2n) is 6.96. The summed E-state index contributed by atoms with van der Waals surface area (Å²) in [5.74, 6) is -0.671. The number of benzene rings is 1. The molecule has 2 N–H and O–H groups in total. The standard InChI is InChI=1S/C19H23N3O5/c23-16(21-10-3-4-13(12-21)7-8-17(24)25)9-11-22-15-6-2-1-5-14(15)18(26)20-19(22)27/h1-2,5-6,13H,3-4,7-12H2,(H,24,25)(H,20,26,27). The fourth-order valence-electron chi connectivity index (χ4n) is 3.68. The first-order chi connectivity index (χ1) is 13.0. The van der Waals surface area contributed by atoms with Gasteiger partial charge in [0.1, 0.15) is 0 Å². The number of carboxylic acid groups (broad SMARTS) is 1. The number of carbonyl (C=O) groups excluding carboxylic acids is 1. The van der Waals surface area contributed by atoms with Crippen LogP contribution in [0.4, 0.5) is 0 Å². The first-order valence-electron chi connectivity index (χ1n) is 9.17. The van der Waals surface area contributed by atoms with E-state index in [1.165, 1.54) is 4.57 Å². The lowest BCUT2D eigenvalue weighted by Crippen LogP contribution is -2.41. The third kappa shape index (κ3) is 4.45. The van der Waals surface area contributed by atoms with Crippen LogP contribution in [0, 0.1) is 5.92 Å². The number of hydrogen-bond acceptors (Lipinski definition) is 4. The predicted molar refractivity (Wildman–Crippen MR) is 99.6 cm³/mol. The van der Waals surface area contributed by atoms with Gasteiger partial charge in [-0.1, -0.05) is 12.1 Å². The van der Waals surface area contributed by atoms with E-state index in [0.717, 1.165) is 12.8 Å². The van der Waals surface area contributed by atoms with E-state index in [0.29, 0.717) is 30.4 Å². The van der Waals surface area contributed by atoms with E-state index in [2.05, 4.69) is 4.98 Å². The first kappa shape index (κ1) is 18.9. The molecule has 1 aliphatic heterocycles. The highest BCUT2D eigenvalue weighted by atomic mass is 16.4. The van der Waals surface area contributed by atoms with Gasteiger partial charge in [-0.25, -0.2) is 4.79 Å². The van der Waals surface area contributed by atoms with Crippen LogP contribution in [0.25, 0.3) is 10.9 Å². The van der Waals surface area contributed by atoms with Crippen molar-refractivity contribution < 1.29 is 14.7 Å². The maximum atomic E-state index is 12.6. The second-order valence-corrected chi connectivity index (χ2v) is 6.96. The van der Waals surface area contributed by atoms with Gasteiger partial charge in [0.25, 0.3) is 5.56 Å². The molecule has 1 aromatic carbocycles. The molecular weight excluding hydrogens is 350 g/mol. The summed E-state index contributed by atoms with van der Waals surface area (Å²) in [5.41, 5.74) is -0.447. The SMILES string of the molecule is O=C(O)CCC1CCCN(C(=O)CCn2c(=O)[nH]c(=O)c3ccccc32)C1. The van der Waals surface area contributed by atoms with Crippen LogP contribution in [0.15, 0.2) is 33.9 Å². The largest absolute Gasteiger partial charge is 0.481 e. The van der Waals surface area contributed by atoms with E-state index in [1.54, 1.807) is 29.2 Å². The van der Waals surface area contributed by atoms with Crippen LogP contribution in [0.3, 0.4) is 0 Å². The van der Waals surface area contributed by atoms with Crippen molar-refractivity contribution in [1.29, 1.82) is 0 Å². The number of para-hydroxylation sites is 1. The summed E-state index contributed by atoms with van der Waals surface area (Å²) in [7, 11) is 0. The third-order valence-corrected chi connectivity index (χ3v) is 5.09. The first-order valence-corrected chi connectivity index (χ1v) is 9.17. The molecule has 2 aromatic rings. The summed E-state index contributed by atoms with van der Waals surface area (Å²) in [4.78, 5) is 51.5. The number of aromatic nitrogens is 2. The topological polar surface area (TPSA) is 112 Å². The molecule has 1 amide bonds. The lowest BCUT2D eigenvalue weighted by Gasteiger charge is -2.32. The lowest BCUT2D eigenvalue weighted by molar-refractivity contribution is -0.137. The maximum Gasteiger partial charge on any atom is 0.328 e. The number of likely N-dealkylation sites (tertiary alicyclic amines) is 1. The van der Waals surface area contributed by atoms with Crippen molar-refractivity contribution >= 4 is 22.8 Å². The predicted octanol–water partition coefficient (Wildman–Crippen LogP) is 1.18. The normalized spacial score (nSPS) is 17.2. The molecule has 1 unspecified atom stereocenters. The smallest absolute Gasteiger partial charge is 0.328 e. The van der Waals surface area contributed by atoms with Crippen LogP contribution in [-0.2, 0) is 16.1 Å². The molecule has 144 valence electrons. The molecule has 1 fully saturated rings. The number of aryl methyl sites for hydroxylation is 1. The van der Waals surface area contributed by atoms with Gasteiger partial charge in [-0.05, 0) is 37.3 Å². The Morgan fingerprint density at radius 2 is 1.96 bits per heavy atom. The van der Waals surface area contributed by atoms with Crippen LogP contribution in [0.5, 0.6) is 0 Å². The van der Waals surface area contributed by atoms with Gasteiger partial charge in [0.05, 0.1) is 10.9 Å². The number of H-pyrrole nitrogens is 1. The Bertz CT molecular complexity index is 962. The highest BCUT2D eigenvalue weighted by Gasteiger charge is 2.24. The molecule has 0 bridgehead atoms. The summed E-state index contributed by atoms with van der Waals surface area (Å²) < 4.78 is 1.42. The van der Waals surface area contributed by atoms with Crippen molar-refractivity contribution in [3.8, 4) is 0 Å². The zero-order valence-electron chi connectivity index (χ0n) is 15.0. The average Bonchev–Trinajstić information content (AvgIpc) is 2.66. The van der Waals surface area contributed by atoms with Gasteiger partial charge in [-0.15, -0.1) is 0 Å². The van der Waals surface area contributed by atoms with Gasteiger partial charge >= 0.3 is 11.7 Å². The van der Waals surface area contributed by atoms with Crippen LogP contribution < -0.4 is 11.2 Å². The van der Waals surface area contributed by atoms with Crippen molar-refractivity contribution in [1.82, 2.24) is 14.5 Å². The van der Waals surface area contributed by atoms with Crippen molar-refractivity contribution in [3.05, 3.63) is 45.1 Å². The number of hydrogen-bond donors (Lipinski definition) is 2.